The fraction of sp³-hybridized carbons (Fsp3) is 0.242. The van der Waals surface area contributed by atoms with Crippen molar-refractivity contribution in [2.75, 3.05) is 20.3 Å². The van der Waals surface area contributed by atoms with Gasteiger partial charge < -0.3 is 18.9 Å². The number of carbonyl (C=O) groups excluding carboxylic acids is 1. The molecule has 0 unspecified atom stereocenters. The second-order valence-electron chi connectivity index (χ2n) is 9.84. The van der Waals surface area contributed by atoms with Crippen molar-refractivity contribution >= 4 is 84.5 Å². The molecule has 45 heavy (non-hydrogen) atoms. The minimum absolute atomic E-state index is 0.178. The van der Waals surface area contributed by atoms with Crippen LogP contribution in [0.1, 0.15) is 43.5 Å². The van der Waals surface area contributed by atoms with Crippen molar-refractivity contribution in [2.45, 2.75) is 33.4 Å². The van der Waals surface area contributed by atoms with E-state index in [2.05, 4.69) is 61.1 Å². The zero-order chi connectivity index (χ0) is 32.2. The van der Waals surface area contributed by atoms with E-state index in [-0.39, 0.29) is 17.7 Å². The summed E-state index contributed by atoms with van der Waals surface area (Å²) in [6.07, 6.45) is 1.84. The summed E-state index contributed by atoms with van der Waals surface area (Å²) >= 11 is 9.45. The molecule has 0 saturated carbocycles. The topological polar surface area (TPSA) is 88.4 Å². The molecule has 0 saturated heterocycles. The lowest BCUT2D eigenvalue weighted by molar-refractivity contribution is -0.139. The van der Waals surface area contributed by atoms with E-state index < -0.39 is 12.0 Å². The zero-order valence-electron chi connectivity index (χ0n) is 24.9. The second-order valence-corrected chi connectivity index (χ2v) is 14.1. The summed E-state index contributed by atoms with van der Waals surface area (Å²) in [5, 5.41) is 0. The molecule has 1 aliphatic heterocycles. The standard InChI is InChI=1S/C33H29BrI2N2O6S/c1-5-42-26-16-23(34)22(15-25(26)41-4)29-28(32(40)43-6-2)18(3)37-33-38(29)31(39)27(45-33)13-20-12-21(35)14-24(36)30(20)44-17-19-10-8-7-9-11-19/h7-16,29H,5-6,17H2,1-4H3/b27-13+/t29-/m1/s1. The number of allylic oxidation sites excluding steroid dienone is 1. The Balaban J connectivity index is 1.70. The van der Waals surface area contributed by atoms with Crippen molar-refractivity contribution in [3.8, 4) is 17.2 Å². The average Bonchev–Trinajstić information content (AvgIpc) is 3.30. The molecule has 5 rings (SSSR count). The van der Waals surface area contributed by atoms with Gasteiger partial charge in [0.25, 0.3) is 5.56 Å². The molecule has 1 atom stereocenters. The van der Waals surface area contributed by atoms with Crippen LogP contribution in [0, 0.1) is 7.14 Å². The Labute approximate surface area is 300 Å². The molecule has 1 aromatic heterocycles. The molecule has 0 amide bonds. The highest BCUT2D eigenvalue weighted by Crippen LogP contribution is 2.41. The van der Waals surface area contributed by atoms with E-state index in [0.717, 1.165) is 18.3 Å². The fourth-order valence-corrected chi connectivity index (χ4v) is 8.61. The maximum absolute atomic E-state index is 14.3. The van der Waals surface area contributed by atoms with E-state index in [1.54, 1.807) is 37.7 Å². The molecule has 0 aliphatic carbocycles. The summed E-state index contributed by atoms with van der Waals surface area (Å²) in [6.45, 7) is 6.39. The first-order chi connectivity index (χ1) is 21.7. The number of halogens is 3. The monoisotopic (exact) mass is 914 g/mol. The van der Waals surface area contributed by atoms with E-state index in [1.807, 2.05) is 55.5 Å². The van der Waals surface area contributed by atoms with Gasteiger partial charge in [-0.25, -0.2) is 9.79 Å². The molecule has 4 aromatic rings. The third kappa shape index (κ3) is 7.18. The predicted molar refractivity (Wildman–Crippen MR) is 195 cm³/mol. The molecule has 8 nitrogen and oxygen atoms in total. The lowest BCUT2D eigenvalue weighted by atomic mass is 9.95. The SMILES string of the molecule is CCOC(=O)C1=C(C)N=c2s/c(=C/c3cc(I)cc(I)c3OCc3ccccc3)c(=O)n2[C@@H]1c1cc(OC)c(OCC)cc1Br. The number of aromatic nitrogens is 1. The largest absolute Gasteiger partial charge is 0.493 e. The van der Waals surface area contributed by atoms with Crippen LogP contribution in [-0.2, 0) is 16.1 Å². The van der Waals surface area contributed by atoms with Crippen LogP contribution in [0.5, 0.6) is 17.2 Å². The maximum Gasteiger partial charge on any atom is 0.338 e. The van der Waals surface area contributed by atoms with Crippen LogP contribution in [0.3, 0.4) is 0 Å². The van der Waals surface area contributed by atoms with Crippen LogP contribution in [0.4, 0.5) is 0 Å². The van der Waals surface area contributed by atoms with Gasteiger partial charge in [-0.3, -0.25) is 9.36 Å². The fourth-order valence-electron chi connectivity index (χ4n) is 4.98. The predicted octanol–water partition coefficient (Wildman–Crippen LogP) is 6.76. The third-order valence-corrected chi connectivity index (χ3v) is 10.0. The number of nitrogens with zero attached hydrogens (tertiary/aromatic N) is 2. The number of benzene rings is 3. The average molecular weight is 915 g/mol. The van der Waals surface area contributed by atoms with Crippen LogP contribution < -0.4 is 29.1 Å². The number of esters is 1. The number of thiazole rings is 1. The number of methoxy groups -OCH3 is 1. The van der Waals surface area contributed by atoms with Crippen molar-refractivity contribution in [1.29, 1.82) is 0 Å². The van der Waals surface area contributed by atoms with E-state index in [1.165, 1.54) is 11.3 Å². The summed E-state index contributed by atoms with van der Waals surface area (Å²) < 4.78 is 27.8. The van der Waals surface area contributed by atoms with Gasteiger partial charge in [-0.2, -0.15) is 0 Å². The molecule has 0 spiro atoms. The summed E-state index contributed by atoms with van der Waals surface area (Å²) in [5.41, 5.74) is 2.90. The molecule has 0 radical (unpaired) electrons. The van der Waals surface area contributed by atoms with Gasteiger partial charge >= 0.3 is 5.97 Å². The zero-order valence-corrected chi connectivity index (χ0v) is 31.6. The number of fused-ring (bicyclic) bond motifs is 1. The second kappa shape index (κ2) is 14.8. The number of rotatable bonds is 10. The summed E-state index contributed by atoms with van der Waals surface area (Å²) in [7, 11) is 1.55. The number of carbonyl (C=O) groups is 1. The minimum Gasteiger partial charge on any atom is -0.493 e. The Morgan fingerprint density at radius 2 is 1.82 bits per heavy atom. The molecular weight excluding hydrogens is 886 g/mol. The van der Waals surface area contributed by atoms with Gasteiger partial charge in [-0.15, -0.1) is 0 Å². The van der Waals surface area contributed by atoms with Gasteiger partial charge in [0.2, 0.25) is 0 Å². The Kier molecular flexibility index (Phi) is 11.1. The van der Waals surface area contributed by atoms with E-state index >= 15 is 0 Å². The quantitative estimate of drug-likeness (QED) is 0.129. The highest BCUT2D eigenvalue weighted by molar-refractivity contribution is 14.1. The van der Waals surface area contributed by atoms with Crippen LogP contribution >= 0.6 is 72.4 Å². The first-order valence-electron chi connectivity index (χ1n) is 14.0. The van der Waals surface area contributed by atoms with Crippen molar-refractivity contribution in [3.63, 3.8) is 0 Å². The Morgan fingerprint density at radius 1 is 1.07 bits per heavy atom. The molecule has 1 aliphatic rings. The first-order valence-corrected chi connectivity index (χ1v) is 17.8. The minimum atomic E-state index is -0.828. The number of ether oxygens (including phenoxy) is 4. The Morgan fingerprint density at radius 3 is 2.51 bits per heavy atom. The van der Waals surface area contributed by atoms with Gasteiger partial charge in [-0.05, 0) is 107 Å². The van der Waals surface area contributed by atoms with Gasteiger partial charge in [0, 0.05) is 13.6 Å². The highest BCUT2D eigenvalue weighted by atomic mass is 127. The molecular formula is C33H29BrI2N2O6S. The molecule has 0 N–H and O–H groups in total. The summed E-state index contributed by atoms with van der Waals surface area (Å²) in [4.78, 5) is 32.9. The van der Waals surface area contributed by atoms with Gasteiger partial charge in [-0.1, -0.05) is 57.6 Å². The van der Waals surface area contributed by atoms with Gasteiger partial charge in [0.05, 0.1) is 45.7 Å². The molecule has 234 valence electrons. The maximum atomic E-state index is 14.3. The smallest absolute Gasteiger partial charge is 0.338 e. The van der Waals surface area contributed by atoms with E-state index in [4.69, 9.17) is 23.9 Å². The van der Waals surface area contributed by atoms with Crippen LogP contribution in [0.25, 0.3) is 6.08 Å². The van der Waals surface area contributed by atoms with Crippen LogP contribution in [-0.4, -0.2) is 30.9 Å². The summed E-state index contributed by atoms with van der Waals surface area (Å²) in [6, 6.07) is 16.7. The van der Waals surface area contributed by atoms with Gasteiger partial charge in [0.1, 0.15) is 12.4 Å². The van der Waals surface area contributed by atoms with E-state index in [9.17, 15) is 9.59 Å². The molecule has 3 aromatic carbocycles. The lowest BCUT2D eigenvalue weighted by Crippen LogP contribution is -2.40. The Bertz CT molecular complexity index is 1970. The molecule has 2 heterocycles. The normalized spacial score (nSPS) is 14.6. The summed E-state index contributed by atoms with van der Waals surface area (Å²) in [5.74, 6) is 1.16. The van der Waals surface area contributed by atoms with Crippen molar-refractivity contribution in [3.05, 3.63) is 114 Å². The third-order valence-electron chi connectivity index (χ3n) is 6.94. The molecule has 0 bridgehead atoms. The number of hydrogen-bond donors (Lipinski definition) is 0. The van der Waals surface area contributed by atoms with Crippen molar-refractivity contribution in [1.82, 2.24) is 4.57 Å². The van der Waals surface area contributed by atoms with Crippen molar-refractivity contribution in [2.24, 2.45) is 4.99 Å². The van der Waals surface area contributed by atoms with E-state index in [0.29, 0.717) is 55.5 Å². The van der Waals surface area contributed by atoms with Crippen LogP contribution in [0.2, 0.25) is 0 Å². The van der Waals surface area contributed by atoms with Gasteiger partial charge in [0.15, 0.2) is 16.3 Å². The van der Waals surface area contributed by atoms with Crippen LogP contribution in [0.15, 0.2) is 80.1 Å². The first kappa shape index (κ1) is 33.7. The number of hydrogen-bond acceptors (Lipinski definition) is 8. The Hall–Kier alpha value is -2.69. The lowest BCUT2D eigenvalue weighted by Gasteiger charge is -2.26. The molecule has 12 heteroatoms. The molecule has 0 fully saturated rings. The highest BCUT2D eigenvalue weighted by Gasteiger charge is 2.35. The van der Waals surface area contributed by atoms with Crippen molar-refractivity contribution < 1.29 is 23.7 Å².